The lowest BCUT2D eigenvalue weighted by Gasteiger charge is -2.17. The first kappa shape index (κ1) is 21.0. The van der Waals surface area contributed by atoms with Gasteiger partial charge in [0, 0.05) is 5.56 Å². The normalized spacial score (nSPS) is 11.6. The van der Waals surface area contributed by atoms with Gasteiger partial charge in [0.2, 0.25) is 5.82 Å². The topological polar surface area (TPSA) is 86.5 Å². The first-order valence-corrected chi connectivity index (χ1v) is 9.84. The van der Waals surface area contributed by atoms with Gasteiger partial charge in [0.05, 0.1) is 18.4 Å². The number of hydrogen-bond acceptors (Lipinski definition) is 6. The number of hydrogen-bond donors (Lipinski definition) is 1. The van der Waals surface area contributed by atoms with Crippen LogP contribution < -0.4 is 14.8 Å². The lowest BCUT2D eigenvalue weighted by molar-refractivity contribution is -0.122. The summed E-state index contributed by atoms with van der Waals surface area (Å²) in [6, 6.07) is 19.9. The van der Waals surface area contributed by atoms with Gasteiger partial charge in [-0.25, -0.2) is 4.39 Å². The molecule has 0 aliphatic rings. The van der Waals surface area contributed by atoms with Crippen LogP contribution in [0.25, 0.3) is 22.8 Å². The minimum Gasteiger partial charge on any atom is -0.493 e. The number of aromatic nitrogens is 2. The maximum atomic E-state index is 13.2. The first-order valence-electron chi connectivity index (χ1n) is 9.84. The van der Waals surface area contributed by atoms with E-state index in [-0.39, 0.29) is 17.6 Å². The molecule has 1 N–H and O–H groups in total. The number of benzene rings is 3. The highest BCUT2D eigenvalue weighted by molar-refractivity contribution is 5.97. The van der Waals surface area contributed by atoms with Crippen LogP contribution in [0, 0.1) is 5.82 Å². The molecule has 162 valence electrons. The third kappa shape index (κ3) is 4.59. The third-order valence-corrected chi connectivity index (χ3v) is 4.69. The lowest BCUT2D eigenvalue weighted by atomic mass is 10.1. The third-order valence-electron chi connectivity index (χ3n) is 4.69. The SMILES string of the molecule is COc1ccccc1OC(C)C(=O)Nc1ccccc1-c1nc(-c2ccc(F)cc2)no1. The second-order valence-electron chi connectivity index (χ2n) is 6.88. The van der Waals surface area contributed by atoms with E-state index in [1.165, 1.54) is 19.2 Å². The smallest absolute Gasteiger partial charge is 0.265 e. The highest BCUT2D eigenvalue weighted by Gasteiger charge is 2.20. The Labute approximate surface area is 183 Å². The Morgan fingerprint density at radius 1 is 1.00 bits per heavy atom. The molecule has 1 amide bonds. The van der Waals surface area contributed by atoms with Crippen LogP contribution in [0.15, 0.2) is 77.3 Å². The summed E-state index contributed by atoms with van der Waals surface area (Å²) < 4.78 is 29.6. The van der Waals surface area contributed by atoms with E-state index in [0.717, 1.165) is 0 Å². The Hall–Kier alpha value is -4.20. The Kier molecular flexibility index (Phi) is 6.12. The molecule has 0 bridgehead atoms. The zero-order valence-electron chi connectivity index (χ0n) is 17.4. The number of methoxy groups -OCH3 is 1. The highest BCUT2D eigenvalue weighted by atomic mass is 19.1. The molecule has 32 heavy (non-hydrogen) atoms. The second kappa shape index (κ2) is 9.30. The van der Waals surface area contributed by atoms with Crippen LogP contribution in [0.5, 0.6) is 11.5 Å². The fourth-order valence-corrected chi connectivity index (χ4v) is 3.02. The first-order chi connectivity index (χ1) is 15.5. The van der Waals surface area contributed by atoms with E-state index < -0.39 is 6.10 Å². The molecule has 0 fully saturated rings. The summed E-state index contributed by atoms with van der Waals surface area (Å²) in [5.41, 5.74) is 1.65. The molecule has 3 aromatic carbocycles. The molecule has 1 aromatic heterocycles. The molecule has 8 heteroatoms. The van der Waals surface area contributed by atoms with Crippen molar-refractivity contribution in [2.45, 2.75) is 13.0 Å². The molecule has 0 spiro atoms. The van der Waals surface area contributed by atoms with Crippen LogP contribution in [0.4, 0.5) is 10.1 Å². The van der Waals surface area contributed by atoms with Gasteiger partial charge in [-0.1, -0.05) is 29.4 Å². The van der Waals surface area contributed by atoms with Crippen LogP contribution >= 0.6 is 0 Å². The molecule has 1 atom stereocenters. The molecule has 7 nitrogen and oxygen atoms in total. The van der Waals surface area contributed by atoms with E-state index in [9.17, 15) is 9.18 Å². The monoisotopic (exact) mass is 433 g/mol. The molecule has 0 saturated heterocycles. The molecule has 1 unspecified atom stereocenters. The van der Waals surface area contributed by atoms with Crippen LogP contribution in [-0.4, -0.2) is 29.3 Å². The summed E-state index contributed by atoms with van der Waals surface area (Å²) in [5, 5.41) is 6.80. The van der Waals surface area contributed by atoms with Gasteiger partial charge in [0.25, 0.3) is 11.8 Å². The summed E-state index contributed by atoms with van der Waals surface area (Å²) in [6.45, 7) is 1.64. The molecular formula is C24H20FN3O4. The summed E-state index contributed by atoms with van der Waals surface area (Å²) in [6.07, 6.45) is -0.795. The minimum atomic E-state index is -0.795. The van der Waals surface area contributed by atoms with Gasteiger partial charge < -0.3 is 19.3 Å². The number of anilines is 1. The Balaban J connectivity index is 1.52. The van der Waals surface area contributed by atoms with E-state index in [0.29, 0.717) is 34.1 Å². The van der Waals surface area contributed by atoms with Gasteiger partial charge in [0.15, 0.2) is 17.6 Å². The maximum absolute atomic E-state index is 13.2. The van der Waals surface area contributed by atoms with Crippen molar-refractivity contribution in [3.8, 4) is 34.3 Å². The molecule has 1 heterocycles. The van der Waals surface area contributed by atoms with Gasteiger partial charge in [-0.05, 0) is 55.5 Å². The highest BCUT2D eigenvalue weighted by Crippen LogP contribution is 2.30. The molecular weight excluding hydrogens is 413 g/mol. The van der Waals surface area contributed by atoms with Crippen molar-refractivity contribution in [3.63, 3.8) is 0 Å². The Morgan fingerprint density at radius 3 is 2.44 bits per heavy atom. The number of carbonyl (C=O) groups is 1. The molecule has 4 aromatic rings. The standard InChI is InChI=1S/C24H20FN3O4/c1-15(31-21-10-6-5-9-20(21)30-2)23(29)26-19-8-4-3-7-18(19)24-27-22(28-32-24)16-11-13-17(25)14-12-16/h3-15H,1-2H3,(H,26,29). The fourth-order valence-electron chi connectivity index (χ4n) is 3.02. The average Bonchev–Trinajstić information content (AvgIpc) is 3.30. The summed E-state index contributed by atoms with van der Waals surface area (Å²) in [7, 11) is 1.54. The zero-order chi connectivity index (χ0) is 22.5. The van der Waals surface area contributed by atoms with Crippen molar-refractivity contribution in [3.05, 3.63) is 78.6 Å². The minimum absolute atomic E-state index is 0.221. The Bertz CT molecular complexity index is 1220. The largest absolute Gasteiger partial charge is 0.493 e. The van der Waals surface area contributed by atoms with Crippen LogP contribution in [-0.2, 0) is 4.79 Å². The van der Waals surface area contributed by atoms with E-state index in [2.05, 4.69) is 15.5 Å². The van der Waals surface area contributed by atoms with Crippen LogP contribution in [0.2, 0.25) is 0 Å². The predicted molar refractivity (Wildman–Crippen MR) is 117 cm³/mol. The fraction of sp³-hybridized carbons (Fsp3) is 0.125. The van der Waals surface area contributed by atoms with Crippen molar-refractivity contribution in [2.75, 3.05) is 12.4 Å². The predicted octanol–water partition coefficient (Wildman–Crippen LogP) is 4.96. The summed E-state index contributed by atoms with van der Waals surface area (Å²) >= 11 is 0. The summed E-state index contributed by atoms with van der Waals surface area (Å²) in [4.78, 5) is 17.2. The second-order valence-corrected chi connectivity index (χ2v) is 6.88. The van der Waals surface area contributed by atoms with Gasteiger partial charge in [-0.3, -0.25) is 4.79 Å². The van der Waals surface area contributed by atoms with Gasteiger partial charge in [-0.15, -0.1) is 0 Å². The molecule has 0 aliphatic carbocycles. The number of ether oxygens (including phenoxy) is 2. The number of para-hydroxylation sites is 3. The molecule has 0 radical (unpaired) electrons. The molecule has 4 rings (SSSR count). The number of nitrogens with one attached hydrogen (secondary N) is 1. The maximum Gasteiger partial charge on any atom is 0.265 e. The van der Waals surface area contributed by atoms with Crippen molar-refractivity contribution in [2.24, 2.45) is 0 Å². The van der Waals surface area contributed by atoms with E-state index in [1.54, 1.807) is 61.5 Å². The van der Waals surface area contributed by atoms with Gasteiger partial charge in [0.1, 0.15) is 5.82 Å². The van der Waals surface area contributed by atoms with Crippen LogP contribution in [0.3, 0.4) is 0 Å². The van der Waals surface area contributed by atoms with E-state index in [4.69, 9.17) is 14.0 Å². The molecule has 0 saturated carbocycles. The number of carbonyl (C=O) groups excluding carboxylic acids is 1. The summed E-state index contributed by atoms with van der Waals surface area (Å²) in [5.74, 6) is 0.822. The van der Waals surface area contributed by atoms with Crippen molar-refractivity contribution in [1.82, 2.24) is 10.1 Å². The van der Waals surface area contributed by atoms with Crippen molar-refractivity contribution < 1.29 is 23.2 Å². The number of halogens is 1. The Morgan fingerprint density at radius 2 is 1.69 bits per heavy atom. The number of amides is 1. The van der Waals surface area contributed by atoms with E-state index >= 15 is 0 Å². The average molecular weight is 433 g/mol. The quantitative estimate of drug-likeness (QED) is 0.443. The number of nitrogens with zero attached hydrogens (tertiary/aromatic N) is 2. The van der Waals surface area contributed by atoms with Crippen LogP contribution in [0.1, 0.15) is 6.92 Å². The lowest BCUT2D eigenvalue weighted by Crippen LogP contribution is -2.30. The van der Waals surface area contributed by atoms with Crippen molar-refractivity contribution >= 4 is 11.6 Å². The zero-order valence-corrected chi connectivity index (χ0v) is 17.4. The van der Waals surface area contributed by atoms with Gasteiger partial charge in [-0.2, -0.15) is 4.98 Å². The molecule has 0 aliphatic heterocycles. The van der Waals surface area contributed by atoms with E-state index in [1.807, 2.05) is 6.07 Å². The van der Waals surface area contributed by atoms with Gasteiger partial charge >= 0.3 is 0 Å². The number of rotatable bonds is 7. The van der Waals surface area contributed by atoms with Crippen molar-refractivity contribution in [1.29, 1.82) is 0 Å².